The maximum Gasteiger partial charge on any atom is 0.362 e. The molecule has 0 radical (unpaired) electrons. The summed E-state index contributed by atoms with van der Waals surface area (Å²) >= 11 is 0. The SMILES string of the molecule is CCCCCCCCC(OC(=O)C[N+](C)(C)CCOC(C)=O)C(O)CCCCCCCC(=O)OCCCCCCCCCCOC(C)=O.CC[N+](C)(C)CCOC(C)=O.[Cl-].[Cl-]. The summed E-state index contributed by atoms with van der Waals surface area (Å²) in [7, 11) is 8.02. The Bertz CT molecular complexity index is 1100. The molecule has 13 nitrogen and oxygen atoms in total. The fraction of sp³-hybridized carbons (Fsp3) is 0.891. The smallest absolute Gasteiger partial charge is 0.362 e. The highest BCUT2D eigenvalue weighted by atomic mass is 35.5. The average Bonchev–Trinajstić information content (AvgIpc) is 3.15. The zero-order chi connectivity index (χ0) is 44.8. The molecule has 0 bridgehead atoms. The minimum Gasteiger partial charge on any atom is -1.00 e. The van der Waals surface area contributed by atoms with Crippen LogP contribution in [0.4, 0.5) is 0 Å². The normalized spacial score (nSPS) is 12.0. The van der Waals surface area contributed by atoms with E-state index >= 15 is 0 Å². The van der Waals surface area contributed by atoms with Gasteiger partial charge in [-0.3, -0.25) is 19.2 Å². The van der Waals surface area contributed by atoms with Crippen molar-refractivity contribution in [2.45, 2.75) is 188 Å². The molecule has 0 aliphatic carbocycles. The average molecular weight is 918 g/mol. The van der Waals surface area contributed by atoms with Gasteiger partial charge in [0.25, 0.3) is 0 Å². The lowest BCUT2D eigenvalue weighted by Crippen LogP contribution is -3.00. The molecule has 2 unspecified atom stereocenters. The summed E-state index contributed by atoms with van der Waals surface area (Å²) in [4.78, 5) is 57.1. The first-order chi connectivity index (χ1) is 27.9. The number of esters is 5. The summed E-state index contributed by atoms with van der Waals surface area (Å²) in [6.45, 7) is 12.9. The Morgan fingerprint density at radius 2 is 0.869 bits per heavy atom. The van der Waals surface area contributed by atoms with Crippen LogP contribution in [0.5, 0.6) is 0 Å². The van der Waals surface area contributed by atoms with Crippen LogP contribution in [0.25, 0.3) is 0 Å². The number of hydrogen-bond acceptors (Lipinski definition) is 11. The first-order valence-corrected chi connectivity index (χ1v) is 23.0. The number of aliphatic hydroxyl groups is 1. The number of carbonyl (C=O) groups excluding carboxylic acids is 5. The maximum absolute atomic E-state index is 12.8. The molecule has 15 heteroatoms. The van der Waals surface area contributed by atoms with Crippen molar-refractivity contribution in [2.75, 3.05) is 80.8 Å². The van der Waals surface area contributed by atoms with Crippen molar-refractivity contribution in [3.63, 3.8) is 0 Å². The number of quaternary nitrogens is 2. The number of unbranched alkanes of at least 4 members (excludes halogenated alkanes) is 16. The van der Waals surface area contributed by atoms with E-state index < -0.39 is 12.2 Å². The van der Waals surface area contributed by atoms with Crippen LogP contribution >= 0.6 is 0 Å². The molecular formula is C46H90Cl2N2O11. The van der Waals surface area contributed by atoms with Crippen molar-refractivity contribution >= 4 is 29.8 Å². The van der Waals surface area contributed by atoms with E-state index in [9.17, 15) is 29.1 Å². The summed E-state index contributed by atoms with van der Waals surface area (Å²) < 4.78 is 27.3. The van der Waals surface area contributed by atoms with E-state index in [1.807, 2.05) is 14.1 Å². The Morgan fingerprint density at radius 3 is 1.34 bits per heavy atom. The number of halogens is 2. The van der Waals surface area contributed by atoms with Gasteiger partial charge in [0.2, 0.25) is 0 Å². The highest BCUT2D eigenvalue weighted by molar-refractivity contribution is 5.71. The second kappa shape index (κ2) is 43.1. The van der Waals surface area contributed by atoms with Gasteiger partial charge < -0.3 is 62.6 Å². The minimum atomic E-state index is -0.699. The van der Waals surface area contributed by atoms with Gasteiger partial charge in [-0.05, 0) is 45.4 Å². The van der Waals surface area contributed by atoms with Crippen molar-refractivity contribution in [3.8, 4) is 0 Å². The molecule has 0 saturated heterocycles. The molecular weight excluding hydrogens is 827 g/mol. The van der Waals surface area contributed by atoms with Crippen molar-refractivity contribution < 1.29 is 86.5 Å². The molecule has 0 heterocycles. The number of hydrogen-bond donors (Lipinski definition) is 1. The van der Waals surface area contributed by atoms with Gasteiger partial charge in [0.05, 0.1) is 54.1 Å². The lowest BCUT2D eigenvalue weighted by Gasteiger charge is -2.30. The van der Waals surface area contributed by atoms with E-state index in [0.717, 1.165) is 107 Å². The van der Waals surface area contributed by atoms with E-state index in [1.54, 1.807) is 0 Å². The molecule has 0 aromatic rings. The largest absolute Gasteiger partial charge is 1.00 e. The molecule has 0 spiro atoms. The van der Waals surface area contributed by atoms with Crippen LogP contribution in [-0.4, -0.2) is 137 Å². The molecule has 0 aliphatic rings. The molecule has 0 fully saturated rings. The Balaban J connectivity index is -0.00000109. The van der Waals surface area contributed by atoms with Crippen LogP contribution in [0.15, 0.2) is 0 Å². The Hall–Kier alpha value is -2.19. The third-order valence-corrected chi connectivity index (χ3v) is 10.5. The summed E-state index contributed by atoms with van der Waals surface area (Å²) in [6.07, 6.45) is 20.4. The fourth-order valence-electron chi connectivity index (χ4n) is 6.20. The van der Waals surface area contributed by atoms with Crippen LogP contribution in [0.1, 0.15) is 176 Å². The number of carbonyl (C=O) groups is 5. The molecule has 0 amide bonds. The summed E-state index contributed by atoms with van der Waals surface area (Å²) in [5.41, 5.74) is 0. The standard InChI is InChI=1S/C38H72NO9.C8H18NO2.2ClH/c1-6-7-8-9-16-21-26-36(48-38(44)32-39(4,5)28-31-46-34(3)41)35(42)25-20-15-14-17-22-27-37(43)47-30-24-19-13-11-10-12-18-23-29-45-33(2)40;1-5-9(3,4)6-7-11-8(2)10;;/h35-36,42H,6-32H2,1-5H3;5-7H2,1-4H3;2*1H/q2*+1;;/p-2. The van der Waals surface area contributed by atoms with Gasteiger partial charge in [-0.25, -0.2) is 4.79 Å². The van der Waals surface area contributed by atoms with E-state index in [0.29, 0.717) is 50.1 Å². The maximum atomic E-state index is 12.8. The molecule has 0 rings (SSSR count). The molecule has 0 saturated carbocycles. The lowest BCUT2D eigenvalue weighted by molar-refractivity contribution is -0.888. The van der Waals surface area contributed by atoms with Crippen LogP contribution in [-0.2, 0) is 47.7 Å². The van der Waals surface area contributed by atoms with E-state index in [1.165, 1.54) is 52.9 Å². The van der Waals surface area contributed by atoms with Crippen molar-refractivity contribution in [1.29, 1.82) is 0 Å². The number of aliphatic hydroxyl groups excluding tert-OH is 1. The molecule has 364 valence electrons. The Labute approximate surface area is 384 Å². The van der Waals surface area contributed by atoms with Crippen molar-refractivity contribution in [2.24, 2.45) is 0 Å². The molecule has 1 N–H and O–H groups in total. The second-order valence-corrected chi connectivity index (χ2v) is 17.3. The second-order valence-electron chi connectivity index (χ2n) is 17.3. The third kappa shape index (κ3) is 48.7. The summed E-state index contributed by atoms with van der Waals surface area (Å²) in [6, 6.07) is 0. The van der Waals surface area contributed by atoms with Crippen molar-refractivity contribution in [3.05, 3.63) is 0 Å². The van der Waals surface area contributed by atoms with Crippen LogP contribution in [0.3, 0.4) is 0 Å². The van der Waals surface area contributed by atoms with Crippen LogP contribution in [0.2, 0.25) is 0 Å². The fourth-order valence-corrected chi connectivity index (χ4v) is 6.20. The number of nitrogens with zero attached hydrogens (tertiary/aromatic N) is 2. The monoisotopic (exact) mass is 917 g/mol. The van der Waals surface area contributed by atoms with Gasteiger partial charge in [-0.1, -0.05) is 103 Å². The minimum absolute atomic E-state index is 0. The molecule has 0 aromatic carbocycles. The quantitative estimate of drug-likeness (QED) is 0.0423. The highest BCUT2D eigenvalue weighted by Crippen LogP contribution is 2.19. The molecule has 2 atom stereocenters. The van der Waals surface area contributed by atoms with E-state index in [4.69, 9.17) is 23.7 Å². The van der Waals surface area contributed by atoms with Crippen LogP contribution < -0.4 is 24.8 Å². The predicted octanol–water partition coefficient (Wildman–Crippen LogP) is 2.26. The Kier molecular flexibility index (Phi) is 46.2. The first kappa shape index (κ1) is 65.4. The van der Waals surface area contributed by atoms with Gasteiger partial charge in [-0.2, -0.15) is 0 Å². The highest BCUT2D eigenvalue weighted by Gasteiger charge is 2.27. The number of rotatable bonds is 37. The first-order valence-electron chi connectivity index (χ1n) is 23.0. The van der Waals surface area contributed by atoms with Gasteiger partial charge in [0.1, 0.15) is 32.4 Å². The molecule has 0 aromatic heterocycles. The Morgan fingerprint density at radius 1 is 0.475 bits per heavy atom. The molecule has 61 heavy (non-hydrogen) atoms. The zero-order valence-electron chi connectivity index (χ0n) is 40.0. The zero-order valence-corrected chi connectivity index (χ0v) is 41.6. The lowest BCUT2D eigenvalue weighted by atomic mass is 9.99. The predicted molar refractivity (Wildman–Crippen MR) is 233 cm³/mol. The summed E-state index contributed by atoms with van der Waals surface area (Å²) in [5.74, 6) is -1.20. The third-order valence-electron chi connectivity index (χ3n) is 10.5. The van der Waals surface area contributed by atoms with Gasteiger partial charge >= 0.3 is 29.8 Å². The topological polar surface area (TPSA) is 152 Å². The van der Waals surface area contributed by atoms with Crippen LogP contribution in [0, 0.1) is 0 Å². The van der Waals surface area contributed by atoms with E-state index in [2.05, 4.69) is 27.9 Å². The number of ether oxygens (including phenoxy) is 5. The van der Waals surface area contributed by atoms with E-state index in [-0.39, 0.29) is 67.8 Å². The van der Waals surface area contributed by atoms with Gasteiger partial charge in [0, 0.05) is 27.2 Å². The number of likely N-dealkylation sites (N-methyl/N-ethyl adjacent to an activating group) is 2. The molecule has 0 aliphatic heterocycles. The van der Waals surface area contributed by atoms with Crippen molar-refractivity contribution in [1.82, 2.24) is 0 Å². The van der Waals surface area contributed by atoms with Gasteiger partial charge in [0.15, 0.2) is 6.54 Å². The summed E-state index contributed by atoms with van der Waals surface area (Å²) in [5, 5.41) is 11.0. The van der Waals surface area contributed by atoms with Gasteiger partial charge in [-0.15, -0.1) is 0 Å².